The fourth-order valence-corrected chi connectivity index (χ4v) is 0.474. The van der Waals surface area contributed by atoms with Crippen molar-refractivity contribution >= 4 is 0 Å². The van der Waals surface area contributed by atoms with Gasteiger partial charge in [-0.25, -0.2) is 0 Å². The molecule has 0 N–H and O–H groups in total. The third-order valence-corrected chi connectivity index (χ3v) is 0.837. The summed E-state index contributed by atoms with van der Waals surface area (Å²) in [5.41, 5.74) is 0. The molecule has 0 aromatic carbocycles. The van der Waals surface area contributed by atoms with Gasteiger partial charge in [0.25, 0.3) is 0 Å². The first-order chi connectivity index (χ1) is 4.00. The Hall–Kier alpha value is -0.980. The number of hydrogen-bond donors (Lipinski definition) is 0. The van der Waals surface area contributed by atoms with Crippen LogP contribution in [0.15, 0.2) is 36.6 Å². The predicted octanol–water partition coefficient (Wildman–Crippen LogP) is 1.64. The van der Waals surface area contributed by atoms with E-state index in [1.165, 1.54) is 0 Å². The van der Waals surface area contributed by atoms with E-state index >= 15 is 0 Å². The van der Waals surface area contributed by atoms with E-state index in [0.29, 0.717) is 6.61 Å². The molecule has 0 radical (unpaired) electrons. The zero-order chi connectivity index (χ0) is 5.66. The van der Waals surface area contributed by atoms with Crippen LogP contribution in [0.2, 0.25) is 0 Å². The van der Waals surface area contributed by atoms with Gasteiger partial charge in [0.15, 0.2) is 0 Å². The molecular weight excluding hydrogens is 100 g/mol. The van der Waals surface area contributed by atoms with Crippen molar-refractivity contribution in [1.29, 1.82) is 0 Å². The maximum atomic E-state index is 4.96. The smallest absolute Gasteiger partial charge is 0.106 e. The normalized spacial score (nSPS) is 17.0. The second-order valence-electron chi connectivity index (χ2n) is 1.47. The van der Waals surface area contributed by atoms with Crippen LogP contribution in [0, 0.1) is 0 Å². The average molecular weight is 108 g/mol. The molecule has 0 saturated heterocycles. The molecule has 0 amide bonds. The molecule has 0 saturated carbocycles. The quantitative estimate of drug-likeness (QED) is 0.458. The van der Waals surface area contributed by atoms with E-state index in [1.807, 2.05) is 30.4 Å². The van der Waals surface area contributed by atoms with Crippen LogP contribution in [0.1, 0.15) is 0 Å². The highest BCUT2D eigenvalue weighted by atomic mass is 16.5. The van der Waals surface area contributed by atoms with E-state index in [9.17, 15) is 0 Å². The van der Waals surface area contributed by atoms with Gasteiger partial charge in [-0.3, -0.25) is 0 Å². The molecule has 0 spiro atoms. The largest absolute Gasteiger partial charge is 0.497 e. The maximum absolute atomic E-state index is 4.96. The summed E-state index contributed by atoms with van der Waals surface area (Å²) in [7, 11) is 0. The Labute approximate surface area is 49.0 Å². The number of allylic oxidation sites excluding steroid dienone is 4. The van der Waals surface area contributed by atoms with Gasteiger partial charge in [-0.05, 0) is 12.2 Å². The van der Waals surface area contributed by atoms with Crippen molar-refractivity contribution in [3.8, 4) is 0 Å². The molecule has 0 aromatic rings. The van der Waals surface area contributed by atoms with Crippen molar-refractivity contribution in [3.05, 3.63) is 36.6 Å². The summed E-state index contributed by atoms with van der Waals surface area (Å²) in [6, 6.07) is 0. The molecule has 1 rings (SSSR count). The van der Waals surface area contributed by atoms with E-state index in [2.05, 4.69) is 0 Å². The van der Waals surface area contributed by atoms with E-state index in [0.717, 1.165) is 0 Å². The van der Waals surface area contributed by atoms with Crippen molar-refractivity contribution in [2.24, 2.45) is 0 Å². The highest BCUT2D eigenvalue weighted by molar-refractivity contribution is 5.11. The van der Waals surface area contributed by atoms with E-state index < -0.39 is 0 Å². The first kappa shape index (κ1) is 5.16. The minimum absolute atomic E-state index is 0.681. The summed E-state index contributed by atoms with van der Waals surface area (Å²) in [6.45, 7) is 0.681. The Bertz CT molecular complexity index is 115. The second kappa shape index (κ2) is 3.08. The van der Waals surface area contributed by atoms with Crippen LogP contribution in [-0.4, -0.2) is 6.61 Å². The average Bonchev–Trinajstić information content (AvgIpc) is 1.62. The highest BCUT2D eigenvalue weighted by Gasteiger charge is 1.73. The summed E-state index contributed by atoms with van der Waals surface area (Å²) in [6.07, 6.45) is 11.4. The Morgan fingerprint density at radius 1 is 1.00 bits per heavy atom. The summed E-state index contributed by atoms with van der Waals surface area (Å²) < 4.78 is 4.96. The lowest BCUT2D eigenvalue weighted by Gasteiger charge is -1.92. The van der Waals surface area contributed by atoms with E-state index in [4.69, 9.17) is 4.74 Å². The van der Waals surface area contributed by atoms with Crippen LogP contribution in [0.25, 0.3) is 0 Å². The molecule has 0 aromatic heterocycles. The number of rotatable bonds is 0. The van der Waals surface area contributed by atoms with E-state index in [1.54, 1.807) is 6.26 Å². The second-order valence-corrected chi connectivity index (χ2v) is 1.47. The summed E-state index contributed by atoms with van der Waals surface area (Å²) in [4.78, 5) is 0. The lowest BCUT2D eigenvalue weighted by atomic mass is 10.4. The third kappa shape index (κ3) is 1.65. The lowest BCUT2D eigenvalue weighted by Crippen LogP contribution is -1.80. The third-order valence-electron chi connectivity index (χ3n) is 0.837. The Morgan fingerprint density at radius 2 is 1.88 bits per heavy atom. The minimum Gasteiger partial charge on any atom is -0.497 e. The summed E-state index contributed by atoms with van der Waals surface area (Å²) in [5.74, 6) is 0. The molecule has 0 unspecified atom stereocenters. The Morgan fingerprint density at radius 3 is 2.88 bits per heavy atom. The molecule has 1 nitrogen and oxygen atoms in total. The van der Waals surface area contributed by atoms with Crippen LogP contribution in [0.3, 0.4) is 0 Å². The molecule has 0 aliphatic carbocycles. The highest BCUT2D eigenvalue weighted by Crippen LogP contribution is 1.87. The first-order valence-corrected chi connectivity index (χ1v) is 2.60. The fourth-order valence-electron chi connectivity index (χ4n) is 0.474. The van der Waals surface area contributed by atoms with Gasteiger partial charge in [0.1, 0.15) is 6.61 Å². The minimum atomic E-state index is 0.681. The van der Waals surface area contributed by atoms with Gasteiger partial charge >= 0.3 is 0 Å². The van der Waals surface area contributed by atoms with Gasteiger partial charge in [-0.2, -0.15) is 0 Å². The molecule has 1 heteroatoms. The standard InChI is InChI=1S/C7H8O/c1-2-4-6-8-7-5-3-1/h1-6H,7H2. The van der Waals surface area contributed by atoms with Gasteiger partial charge in [-0.15, -0.1) is 0 Å². The molecule has 1 aliphatic heterocycles. The van der Waals surface area contributed by atoms with E-state index in [-0.39, 0.29) is 0 Å². The van der Waals surface area contributed by atoms with Gasteiger partial charge < -0.3 is 4.74 Å². The molecule has 0 atom stereocenters. The van der Waals surface area contributed by atoms with Gasteiger partial charge in [0.2, 0.25) is 0 Å². The molecule has 0 bridgehead atoms. The van der Waals surface area contributed by atoms with Crippen LogP contribution in [-0.2, 0) is 4.74 Å². The van der Waals surface area contributed by atoms with Crippen molar-refractivity contribution < 1.29 is 4.74 Å². The zero-order valence-electron chi connectivity index (χ0n) is 4.58. The molecule has 1 heterocycles. The monoisotopic (exact) mass is 108 g/mol. The maximum Gasteiger partial charge on any atom is 0.106 e. The number of hydrogen-bond acceptors (Lipinski definition) is 1. The predicted molar refractivity (Wildman–Crippen MR) is 33.4 cm³/mol. The molecule has 42 valence electrons. The summed E-state index contributed by atoms with van der Waals surface area (Å²) in [5, 5.41) is 0. The van der Waals surface area contributed by atoms with Gasteiger partial charge in [0.05, 0.1) is 6.26 Å². The van der Waals surface area contributed by atoms with Crippen LogP contribution >= 0.6 is 0 Å². The molecular formula is C7H8O. The van der Waals surface area contributed by atoms with Crippen LogP contribution in [0.4, 0.5) is 0 Å². The van der Waals surface area contributed by atoms with Crippen LogP contribution < -0.4 is 0 Å². The summed E-state index contributed by atoms with van der Waals surface area (Å²) >= 11 is 0. The van der Waals surface area contributed by atoms with Crippen molar-refractivity contribution in [2.75, 3.05) is 6.61 Å². The molecule has 8 heavy (non-hydrogen) atoms. The van der Waals surface area contributed by atoms with Crippen molar-refractivity contribution in [1.82, 2.24) is 0 Å². The van der Waals surface area contributed by atoms with Crippen molar-refractivity contribution in [2.45, 2.75) is 0 Å². The van der Waals surface area contributed by atoms with Gasteiger partial charge in [-0.1, -0.05) is 18.2 Å². The van der Waals surface area contributed by atoms with Crippen molar-refractivity contribution in [3.63, 3.8) is 0 Å². The van der Waals surface area contributed by atoms with Crippen LogP contribution in [0.5, 0.6) is 0 Å². The first-order valence-electron chi connectivity index (χ1n) is 2.60. The topological polar surface area (TPSA) is 9.23 Å². The zero-order valence-corrected chi connectivity index (χ0v) is 4.58. The SMILES string of the molecule is C1=CC=COCC=C1. The Balaban J connectivity index is 2.51. The molecule has 0 fully saturated rings. The van der Waals surface area contributed by atoms with Gasteiger partial charge in [0, 0.05) is 0 Å². The number of ether oxygens (including phenoxy) is 1. The lowest BCUT2D eigenvalue weighted by molar-refractivity contribution is 0.289. The molecule has 1 aliphatic rings. The Kier molecular flexibility index (Phi) is 1.99. The fraction of sp³-hybridized carbons (Fsp3) is 0.143.